The fourth-order valence-corrected chi connectivity index (χ4v) is 7.27. The van der Waals surface area contributed by atoms with E-state index in [1.165, 1.54) is 12.1 Å². The lowest BCUT2D eigenvalue weighted by Gasteiger charge is -2.32. The molecule has 26 heteroatoms. The minimum absolute atomic E-state index is 0.0301. The number of nitrogens with zero attached hydrogens (tertiary/aromatic N) is 9. The number of hydrogen-bond acceptors (Lipinski definition) is 16. The molecule has 0 unspecified atom stereocenters. The van der Waals surface area contributed by atoms with Crippen molar-refractivity contribution in [1.82, 2.24) is 40.1 Å². The minimum atomic E-state index is -4.84. The van der Waals surface area contributed by atoms with E-state index in [2.05, 4.69) is 77.1 Å². The summed E-state index contributed by atoms with van der Waals surface area (Å²) in [6.07, 6.45) is -9.68. The number of anilines is 4. The first kappa shape index (κ1) is 50.1. The quantitative estimate of drug-likeness (QED) is 0.106. The van der Waals surface area contributed by atoms with Gasteiger partial charge in [-0.3, -0.25) is 9.59 Å². The molecule has 2 fully saturated rings. The monoisotopic (exact) mass is 1010 g/mol. The first-order valence-electron chi connectivity index (χ1n) is 20.9. The average molecular weight is 1010 g/mol. The van der Waals surface area contributed by atoms with Gasteiger partial charge in [-0.1, -0.05) is 23.2 Å². The van der Waals surface area contributed by atoms with Crippen LogP contribution in [0.15, 0.2) is 60.7 Å². The lowest BCUT2D eigenvalue weighted by Crippen LogP contribution is -2.45. The number of amides is 2. The summed E-state index contributed by atoms with van der Waals surface area (Å²) < 4.78 is 92.0. The highest BCUT2D eigenvalue weighted by atomic mass is 35.5. The van der Waals surface area contributed by atoms with E-state index >= 15 is 0 Å². The van der Waals surface area contributed by atoms with E-state index in [1.54, 1.807) is 24.3 Å². The number of carbonyl (C=O) groups is 2. The summed E-state index contributed by atoms with van der Waals surface area (Å²) in [6, 6.07) is 13.1. The molecule has 2 aliphatic rings. The fourth-order valence-electron chi connectivity index (χ4n) is 6.82. The van der Waals surface area contributed by atoms with Crippen LogP contribution in [0, 0.1) is 13.8 Å². The summed E-state index contributed by atoms with van der Waals surface area (Å²) >= 11 is 11.8. The normalized spacial score (nSPS) is 14.5. The molecule has 2 aliphatic heterocycles. The van der Waals surface area contributed by atoms with Crippen molar-refractivity contribution in [2.24, 2.45) is 0 Å². The van der Waals surface area contributed by atoms with Crippen LogP contribution in [0.25, 0.3) is 22.1 Å². The van der Waals surface area contributed by atoms with Gasteiger partial charge in [0.1, 0.15) is 45.7 Å². The van der Waals surface area contributed by atoms with Crippen LogP contribution >= 0.6 is 23.2 Å². The number of hydrogen-bond donors (Lipinski definition) is 3. The van der Waals surface area contributed by atoms with Crippen LogP contribution < -0.4 is 44.7 Å². The van der Waals surface area contributed by atoms with Gasteiger partial charge in [-0.25, -0.2) is 29.9 Å². The molecular weight excluding hydrogens is 965 g/mol. The number of nitrogens with one attached hydrogen (secondary N) is 3. The maximum absolute atomic E-state index is 12.3. The molecule has 0 spiro atoms. The zero-order chi connectivity index (χ0) is 49.5. The van der Waals surface area contributed by atoms with E-state index in [4.69, 9.17) is 32.7 Å². The molecule has 6 aromatic rings. The number of piperazine rings is 2. The molecule has 4 aromatic heterocycles. The van der Waals surface area contributed by atoms with Gasteiger partial charge < -0.3 is 49.6 Å². The van der Waals surface area contributed by atoms with Gasteiger partial charge in [0.05, 0.1) is 32.5 Å². The van der Waals surface area contributed by atoms with Crippen molar-refractivity contribution in [2.45, 2.75) is 26.6 Å². The third-order valence-corrected chi connectivity index (χ3v) is 10.7. The van der Waals surface area contributed by atoms with Crippen molar-refractivity contribution in [1.29, 1.82) is 0 Å². The van der Waals surface area contributed by atoms with E-state index in [-0.39, 0.29) is 33.2 Å². The molecule has 69 heavy (non-hydrogen) atoms. The first-order chi connectivity index (χ1) is 32.7. The number of aryl methyl sites for hydroxylation is 2. The number of fused-ring (bicyclic) bond motifs is 2. The Morgan fingerprint density at radius 1 is 0.609 bits per heavy atom. The number of halogens is 8. The van der Waals surface area contributed by atoms with Crippen molar-refractivity contribution in [2.75, 3.05) is 93.1 Å². The van der Waals surface area contributed by atoms with Crippen LogP contribution in [0.2, 0.25) is 10.0 Å². The molecule has 0 aliphatic carbocycles. The number of ether oxygens (including phenoxy) is 4. The summed E-state index contributed by atoms with van der Waals surface area (Å²) in [6.45, 7) is 9.69. The Kier molecular flexibility index (Phi) is 15.8. The second-order valence-electron chi connectivity index (χ2n) is 15.3. The summed E-state index contributed by atoms with van der Waals surface area (Å²) in [5.41, 5.74) is 3.80. The second-order valence-corrected chi connectivity index (χ2v) is 16.1. The summed E-state index contributed by atoms with van der Waals surface area (Å²) in [5.74, 6) is -0.134. The van der Waals surface area contributed by atoms with Gasteiger partial charge in [0, 0.05) is 64.5 Å². The molecule has 6 heterocycles. The van der Waals surface area contributed by atoms with Gasteiger partial charge in [0.15, 0.2) is 13.2 Å². The van der Waals surface area contributed by atoms with Crippen LogP contribution in [0.5, 0.6) is 23.0 Å². The van der Waals surface area contributed by atoms with Crippen molar-refractivity contribution < 1.29 is 54.9 Å². The van der Waals surface area contributed by atoms with Crippen molar-refractivity contribution in [3.05, 3.63) is 82.1 Å². The molecule has 366 valence electrons. The Morgan fingerprint density at radius 3 is 1.43 bits per heavy atom. The number of rotatable bonds is 12. The molecule has 3 N–H and O–H groups in total. The van der Waals surface area contributed by atoms with Gasteiger partial charge >= 0.3 is 12.7 Å². The molecule has 8 rings (SSSR count). The Bertz CT molecular complexity index is 2820. The highest BCUT2D eigenvalue weighted by molar-refractivity contribution is 6.32. The fraction of sp³-hybridized carbons (Fsp3) is 0.349. The molecule has 0 bridgehead atoms. The van der Waals surface area contributed by atoms with Crippen LogP contribution in [0.1, 0.15) is 11.4 Å². The maximum atomic E-state index is 12.3. The molecule has 2 saturated heterocycles. The van der Waals surface area contributed by atoms with Gasteiger partial charge in [-0.05, 0) is 69.4 Å². The van der Waals surface area contributed by atoms with E-state index < -0.39 is 49.3 Å². The number of pyridine rings is 2. The predicted octanol–water partition coefficient (Wildman–Crippen LogP) is 6.97. The number of likely N-dealkylation sites (N-methyl/N-ethyl adjacent to an activating group) is 1. The third-order valence-electron chi connectivity index (χ3n) is 10.1. The zero-order valence-corrected chi connectivity index (χ0v) is 38.4. The number of alkyl halides is 6. The Labute approximate surface area is 399 Å². The number of carbonyl (C=O) groups excluding carboxylic acids is 2. The van der Waals surface area contributed by atoms with E-state index in [1.807, 2.05) is 13.8 Å². The van der Waals surface area contributed by atoms with Crippen molar-refractivity contribution in [3.8, 4) is 23.0 Å². The molecule has 2 aromatic carbocycles. The molecule has 18 nitrogen and oxygen atoms in total. The molecule has 0 saturated carbocycles. The van der Waals surface area contributed by atoms with Crippen molar-refractivity contribution in [3.63, 3.8) is 0 Å². The number of benzene rings is 2. The van der Waals surface area contributed by atoms with Gasteiger partial charge in [0.2, 0.25) is 11.9 Å². The Hall–Kier alpha value is -6.76. The average Bonchev–Trinajstić information content (AvgIpc) is 3.28. The smallest absolute Gasteiger partial charge is 0.482 e. The van der Waals surface area contributed by atoms with Gasteiger partial charge in [0.25, 0.3) is 11.8 Å². The van der Waals surface area contributed by atoms with E-state index in [0.29, 0.717) is 45.4 Å². The van der Waals surface area contributed by atoms with Gasteiger partial charge in [-0.15, -0.1) is 26.3 Å². The van der Waals surface area contributed by atoms with Crippen LogP contribution in [-0.2, 0) is 9.59 Å². The Morgan fingerprint density at radius 2 is 1.03 bits per heavy atom. The largest absolute Gasteiger partial charge is 0.573 e. The van der Waals surface area contributed by atoms with E-state index in [0.717, 1.165) is 76.6 Å². The molecule has 0 radical (unpaired) electrons. The van der Waals surface area contributed by atoms with Crippen LogP contribution in [-0.4, -0.2) is 132 Å². The standard InChI is InChI=1S/C22H22ClF3N6O3.C21H20ClF3N6O3/c1-13-20-16(28-21(27-13)32-9-7-31(2)8-10-32)4-6-18(30-20)29-19(33)12-34-17-5-3-14(11-15(17)23)35-22(24,25)26;1-12-19-15(28-20(27-12)31-8-6-26-7-9-31)3-5-17(30-19)29-18(32)11-33-16-4-2-13(10-14(16)22)34-21(23,24)25/h3-6,11H,7-10,12H2,1-2H3,(H,29,30,33);2-5,10,26H,6-9,11H2,1H3,(H,29,30,32). The van der Waals surface area contributed by atoms with Crippen LogP contribution in [0.4, 0.5) is 49.9 Å². The highest BCUT2D eigenvalue weighted by Gasteiger charge is 2.32. The first-order valence-corrected chi connectivity index (χ1v) is 21.7. The highest BCUT2D eigenvalue weighted by Crippen LogP contribution is 2.33. The SMILES string of the molecule is Cc1nc(N2CCN(C)CC2)nc2ccc(NC(=O)COc3ccc(OC(F)(F)F)cc3Cl)nc12.Cc1nc(N2CCNCC2)nc2ccc(NC(=O)COc3ccc(OC(F)(F)F)cc3Cl)nc12. The molecule has 0 atom stereocenters. The van der Waals surface area contributed by atoms with E-state index in [9.17, 15) is 35.9 Å². The number of aromatic nitrogens is 6. The second kappa shape index (κ2) is 21.7. The molecular formula is C43H42Cl2F6N12O6. The summed E-state index contributed by atoms with van der Waals surface area (Å²) in [5, 5.41) is 8.24. The third kappa shape index (κ3) is 14.2. The predicted molar refractivity (Wildman–Crippen MR) is 243 cm³/mol. The van der Waals surface area contributed by atoms with Gasteiger partial charge in [-0.2, -0.15) is 0 Å². The van der Waals surface area contributed by atoms with Crippen LogP contribution in [0.3, 0.4) is 0 Å². The minimum Gasteiger partial charge on any atom is -0.482 e. The lowest BCUT2D eigenvalue weighted by atomic mass is 10.3. The lowest BCUT2D eigenvalue weighted by molar-refractivity contribution is -0.275. The summed E-state index contributed by atoms with van der Waals surface area (Å²) in [7, 11) is 2.08. The summed E-state index contributed by atoms with van der Waals surface area (Å²) in [4.78, 5) is 58.3. The van der Waals surface area contributed by atoms with Crippen molar-refractivity contribution >= 4 is 80.6 Å². The zero-order valence-electron chi connectivity index (χ0n) is 36.8. The molecule has 2 amide bonds. The maximum Gasteiger partial charge on any atom is 0.573 e. The Balaban J connectivity index is 0.000000204. The topological polar surface area (TPSA) is 194 Å².